The molecule has 0 saturated carbocycles. The van der Waals surface area contributed by atoms with Crippen molar-refractivity contribution < 1.29 is 42.8 Å². The van der Waals surface area contributed by atoms with Gasteiger partial charge in [-0.15, -0.1) is 0 Å². The van der Waals surface area contributed by atoms with E-state index in [9.17, 15) is 14.4 Å². The smallest absolute Gasteiger partial charge is 0.411 e. The van der Waals surface area contributed by atoms with Gasteiger partial charge in [0.05, 0.1) is 48.8 Å². The average molecular weight is 858 g/mol. The van der Waals surface area contributed by atoms with Gasteiger partial charge in [0.2, 0.25) is 0 Å². The van der Waals surface area contributed by atoms with E-state index < -0.39 is 6.09 Å². The number of carbonyl (C=O) groups excluding carboxylic acids is 3. The number of hydrogen-bond donors (Lipinski definition) is 2. The van der Waals surface area contributed by atoms with E-state index in [-0.39, 0.29) is 55.6 Å². The van der Waals surface area contributed by atoms with Crippen LogP contribution in [-0.4, -0.2) is 91.4 Å². The normalized spacial score (nSPS) is 17.9. The highest BCUT2D eigenvalue weighted by Crippen LogP contribution is 2.41. The lowest BCUT2D eigenvalue weighted by atomic mass is 10.1. The number of anilines is 1. The largest absolute Gasteiger partial charge is 0.493 e. The van der Waals surface area contributed by atoms with E-state index in [1.165, 1.54) is 14.2 Å². The quantitative estimate of drug-likeness (QED) is 0.0944. The molecule has 0 spiro atoms. The zero-order valence-electron chi connectivity index (χ0n) is 34.7. The number of amides is 3. The molecular formula is C47H47N5O9S. The molecule has 8 rings (SSSR count). The molecule has 320 valence electrons. The van der Waals surface area contributed by atoms with Crippen molar-refractivity contribution >= 4 is 60.0 Å². The molecule has 0 aliphatic carbocycles. The molecule has 2 fully saturated rings. The van der Waals surface area contributed by atoms with Crippen LogP contribution in [0.15, 0.2) is 101 Å². The molecule has 4 heterocycles. The fourth-order valence-corrected chi connectivity index (χ4v) is 7.79. The Morgan fingerprint density at radius 1 is 0.726 bits per heavy atom. The van der Waals surface area contributed by atoms with Gasteiger partial charge in [-0.2, -0.15) is 12.6 Å². The van der Waals surface area contributed by atoms with Gasteiger partial charge in [0.25, 0.3) is 11.8 Å². The second-order valence-corrected chi connectivity index (χ2v) is 16.5. The first-order chi connectivity index (χ1) is 29.9. The van der Waals surface area contributed by atoms with E-state index in [0.29, 0.717) is 82.9 Å². The van der Waals surface area contributed by atoms with Gasteiger partial charge in [-0.3, -0.25) is 24.9 Å². The van der Waals surface area contributed by atoms with Crippen LogP contribution in [0.5, 0.6) is 28.7 Å². The predicted molar refractivity (Wildman–Crippen MR) is 239 cm³/mol. The number of rotatable bonds is 14. The molecule has 4 aromatic rings. The van der Waals surface area contributed by atoms with Crippen molar-refractivity contribution in [1.82, 2.24) is 9.80 Å². The van der Waals surface area contributed by atoms with E-state index in [2.05, 4.69) is 41.1 Å². The topological polar surface area (TPSA) is 150 Å². The maximum Gasteiger partial charge on any atom is 0.411 e. The van der Waals surface area contributed by atoms with Gasteiger partial charge in [0.1, 0.15) is 32.2 Å². The zero-order chi connectivity index (χ0) is 43.5. The van der Waals surface area contributed by atoms with E-state index >= 15 is 0 Å². The van der Waals surface area contributed by atoms with Crippen molar-refractivity contribution in [3.63, 3.8) is 0 Å². The molecule has 4 aliphatic heterocycles. The summed E-state index contributed by atoms with van der Waals surface area (Å²) in [5.74, 6) is 1.90. The highest BCUT2D eigenvalue weighted by atomic mass is 32.1. The minimum Gasteiger partial charge on any atom is -0.493 e. The molecule has 4 aromatic carbocycles. The minimum atomic E-state index is -0.558. The molecule has 0 bridgehead atoms. The van der Waals surface area contributed by atoms with Crippen LogP contribution in [0.2, 0.25) is 0 Å². The van der Waals surface area contributed by atoms with Crippen LogP contribution in [0.1, 0.15) is 57.2 Å². The number of thiol groups is 1. The highest BCUT2D eigenvalue weighted by molar-refractivity contribution is 7.80. The SMILES string of the molecule is C=C1C[C@H]2C=Nc3cc(OCc4cc(COc5cc6c(cc5OC)C(=O)N5CC(=C)C[C@H]5C=N6)cc(OCc5ccc(NC(=O)OC[C@@H](C)S)cc5)c4)c(OC)cc3C(=O)N2C1. The Bertz CT molecular complexity index is 2370. The molecule has 15 heteroatoms. The number of ether oxygens (including phenoxy) is 6. The fourth-order valence-electron chi connectivity index (χ4n) is 7.71. The number of carbonyl (C=O) groups is 3. The Hall–Kier alpha value is -6.74. The Kier molecular flexibility index (Phi) is 12.2. The summed E-state index contributed by atoms with van der Waals surface area (Å²) in [7, 11) is 3.06. The minimum absolute atomic E-state index is 0.0759. The molecule has 3 atom stereocenters. The Labute approximate surface area is 365 Å². The van der Waals surface area contributed by atoms with Crippen LogP contribution in [-0.2, 0) is 24.6 Å². The number of benzene rings is 4. The molecule has 2 saturated heterocycles. The summed E-state index contributed by atoms with van der Waals surface area (Å²) in [5.41, 5.74) is 6.78. The van der Waals surface area contributed by atoms with Crippen molar-refractivity contribution in [2.45, 2.75) is 56.9 Å². The van der Waals surface area contributed by atoms with Crippen LogP contribution in [0.4, 0.5) is 21.9 Å². The van der Waals surface area contributed by atoms with Crippen molar-refractivity contribution in [2.75, 3.05) is 39.2 Å². The lowest BCUT2D eigenvalue weighted by molar-refractivity contribution is 0.0769. The van der Waals surface area contributed by atoms with Crippen LogP contribution < -0.4 is 29.0 Å². The summed E-state index contributed by atoms with van der Waals surface area (Å²) in [5, 5.41) is 2.63. The van der Waals surface area contributed by atoms with Crippen molar-refractivity contribution in [3.8, 4) is 28.7 Å². The van der Waals surface area contributed by atoms with Gasteiger partial charge in [-0.1, -0.05) is 43.4 Å². The maximum atomic E-state index is 13.5. The van der Waals surface area contributed by atoms with Gasteiger partial charge in [-0.05, 0) is 72.0 Å². The van der Waals surface area contributed by atoms with Crippen molar-refractivity contribution in [1.29, 1.82) is 0 Å². The van der Waals surface area contributed by atoms with Crippen LogP contribution in [0, 0.1) is 0 Å². The monoisotopic (exact) mass is 857 g/mol. The van der Waals surface area contributed by atoms with Crippen LogP contribution in [0.25, 0.3) is 0 Å². The number of nitrogens with one attached hydrogen (secondary N) is 1. The van der Waals surface area contributed by atoms with E-state index in [1.807, 2.05) is 37.3 Å². The standard InChI is InChI=1S/C47H47N5O9S/c1-27-10-34-19-48-39-17-43(41(56-4)15-37(39)45(53)51(34)21-27)59-25-31-12-32(14-36(13-31)58-24-30-6-8-33(9-7-30)50-47(55)61-23-29(3)62)26-60-44-18-40-38(16-42(44)57-5)46(54)52-22-28(2)11-35(52)20-49-40/h6-9,12-20,29,34-35,62H,1-2,10-11,21-26H2,3-5H3,(H,50,55)/t29-,34+,35+/m1/s1. The third-order valence-corrected chi connectivity index (χ3v) is 10.9. The molecule has 14 nitrogen and oxygen atoms in total. The Morgan fingerprint density at radius 2 is 1.23 bits per heavy atom. The lowest BCUT2D eigenvalue weighted by Crippen LogP contribution is -2.35. The fraction of sp³-hybridized carbons (Fsp3) is 0.298. The predicted octanol–water partition coefficient (Wildman–Crippen LogP) is 8.28. The highest BCUT2D eigenvalue weighted by Gasteiger charge is 2.35. The molecule has 0 unspecified atom stereocenters. The molecule has 62 heavy (non-hydrogen) atoms. The van der Waals surface area contributed by atoms with Crippen molar-refractivity contribution in [3.05, 3.63) is 119 Å². The maximum absolute atomic E-state index is 13.5. The molecule has 0 radical (unpaired) electrons. The Balaban J connectivity index is 1.03. The summed E-state index contributed by atoms with van der Waals surface area (Å²) in [6.45, 7) is 11.6. The van der Waals surface area contributed by atoms with Gasteiger partial charge < -0.3 is 38.2 Å². The van der Waals surface area contributed by atoms with Gasteiger partial charge >= 0.3 is 6.09 Å². The molecule has 4 aliphatic rings. The van der Waals surface area contributed by atoms with E-state index in [4.69, 9.17) is 28.4 Å². The van der Waals surface area contributed by atoms with Crippen molar-refractivity contribution in [2.24, 2.45) is 9.98 Å². The number of nitrogens with zero attached hydrogens (tertiary/aromatic N) is 4. The van der Waals surface area contributed by atoms with Gasteiger partial charge in [0.15, 0.2) is 23.0 Å². The third kappa shape index (κ3) is 9.27. The van der Waals surface area contributed by atoms with E-state index in [1.54, 1.807) is 58.6 Å². The number of fused-ring (bicyclic) bond motifs is 4. The zero-order valence-corrected chi connectivity index (χ0v) is 35.6. The number of aliphatic imine (C=N–C) groups is 2. The summed E-state index contributed by atoms with van der Waals surface area (Å²) in [6.07, 6.45) is 4.37. The summed E-state index contributed by atoms with van der Waals surface area (Å²) < 4.78 is 35.6. The molecule has 1 N–H and O–H groups in total. The summed E-state index contributed by atoms with van der Waals surface area (Å²) >= 11 is 4.24. The first-order valence-electron chi connectivity index (χ1n) is 20.1. The van der Waals surface area contributed by atoms with Gasteiger partial charge in [0, 0.05) is 48.6 Å². The molecule has 0 aromatic heterocycles. The van der Waals surface area contributed by atoms with Gasteiger partial charge in [-0.25, -0.2) is 4.79 Å². The summed E-state index contributed by atoms with van der Waals surface area (Å²) in [6, 6.07) is 19.4. The first kappa shape index (κ1) is 42.0. The van der Waals surface area contributed by atoms with Crippen LogP contribution in [0.3, 0.4) is 0 Å². The lowest BCUT2D eigenvalue weighted by Gasteiger charge is -2.20. The molecular weight excluding hydrogens is 811 g/mol. The first-order valence-corrected chi connectivity index (χ1v) is 20.7. The molecule has 3 amide bonds. The second-order valence-electron chi connectivity index (χ2n) is 15.6. The number of hydrogen-bond acceptors (Lipinski definition) is 12. The van der Waals surface area contributed by atoms with Crippen LogP contribution >= 0.6 is 12.6 Å². The number of methoxy groups -OCH3 is 2. The third-order valence-electron chi connectivity index (χ3n) is 10.8. The summed E-state index contributed by atoms with van der Waals surface area (Å²) in [4.78, 5) is 52.1. The second kappa shape index (κ2) is 18.1. The average Bonchev–Trinajstić information content (AvgIpc) is 3.78. The Morgan fingerprint density at radius 3 is 1.71 bits per heavy atom. The van der Waals surface area contributed by atoms with E-state index in [0.717, 1.165) is 27.8 Å².